The van der Waals surface area contributed by atoms with Crippen molar-refractivity contribution in [2.45, 2.75) is 79.1 Å². The average molecular weight is 879 g/mol. The summed E-state index contributed by atoms with van der Waals surface area (Å²) in [7, 11) is 12.5. The first-order valence-electron chi connectivity index (χ1n) is 20.3. The molecule has 8 rings (SSSR count). The second-order valence-electron chi connectivity index (χ2n) is 17.5. The smallest absolute Gasteiger partial charge is 0.172 e. The molecule has 0 radical (unpaired) electrons. The van der Waals surface area contributed by atoms with Crippen molar-refractivity contribution in [1.29, 1.82) is 0 Å². The number of benzene rings is 6. The van der Waals surface area contributed by atoms with Gasteiger partial charge < -0.3 is 0 Å². The fraction of sp³-hybridized carbons (Fsp3) is 0.218. The Morgan fingerprint density at radius 1 is 0.500 bits per heavy atom. The van der Waals surface area contributed by atoms with Crippen molar-refractivity contribution in [3.05, 3.63) is 203 Å². The van der Waals surface area contributed by atoms with E-state index in [-0.39, 0.29) is 10.8 Å². The molecule has 0 aromatic heterocycles. The first-order chi connectivity index (χ1) is 27.7. The van der Waals surface area contributed by atoms with Gasteiger partial charge in [-0.25, -0.2) is 12.1 Å². The molecule has 0 heterocycles. The average Bonchev–Trinajstić information content (AvgIpc) is 3.90. The zero-order valence-corrected chi connectivity index (χ0v) is 39.3. The maximum absolute atomic E-state index is 6.27. The molecule has 8 aromatic carbocycles. The van der Waals surface area contributed by atoms with Crippen molar-refractivity contribution in [3.63, 3.8) is 0 Å². The molecule has 3 heteroatoms. The summed E-state index contributed by atoms with van der Waals surface area (Å²) in [6.45, 7) is 18.3. The number of hydrogen-bond donors (Lipinski definition) is 0. The van der Waals surface area contributed by atoms with Crippen LogP contribution in [0, 0.1) is 13.8 Å². The Balaban J connectivity index is 0.000000204. The molecule has 0 amide bonds. The minimum absolute atomic E-state index is 0.0483. The van der Waals surface area contributed by atoms with E-state index in [1.165, 1.54) is 80.4 Å². The van der Waals surface area contributed by atoms with E-state index in [2.05, 4.69) is 183 Å². The van der Waals surface area contributed by atoms with Crippen LogP contribution in [0.25, 0.3) is 43.8 Å². The summed E-state index contributed by atoms with van der Waals surface area (Å²) in [5, 5.41) is 5.37. The molecule has 0 saturated carbocycles. The number of rotatable bonds is 6. The summed E-state index contributed by atoms with van der Waals surface area (Å²) in [4.78, 5) is 0. The number of fused-ring (bicyclic) bond motifs is 3. The van der Waals surface area contributed by atoms with Crippen molar-refractivity contribution < 1.29 is 18.9 Å². The Labute approximate surface area is 362 Å². The van der Waals surface area contributed by atoms with Crippen LogP contribution in [0.5, 0.6) is 0 Å². The molecule has 0 aliphatic heterocycles. The van der Waals surface area contributed by atoms with Gasteiger partial charge in [-0.1, -0.05) is 113 Å². The van der Waals surface area contributed by atoms with Crippen molar-refractivity contribution in [1.82, 2.24) is 0 Å². The van der Waals surface area contributed by atoms with E-state index < -0.39 is 18.9 Å². The summed E-state index contributed by atoms with van der Waals surface area (Å²) in [6.07, 6.45) is 1.83. The molecular formula is C55H56Cl2Zr-2. The first kappa shape index (κ1) is 43.5. The van der Waals surface area contributed by atoms with Crippen LogP contribution < -0.4 is 0 Å². The Kier molecular flexibility index (Phi) is 14.5. The van der Waals surface area contributed by atoms with Crippen molar-refractivity contribution in [2.24, 2.45) is 0 Å². The Morgan fingerprint density at radius 2 is 0.879 bits per heavy atom. The Morgan fingerprint density at radius 3 is 1.19 bits per heavy atom. The van der Waals surface area contributed by atoms with E-state index in [1.54, 1.807) is 0 Å². The van der Waals surface area contributed by atoms with Crippen LogP contribution in [0.2, 0.25) is 0 Å². The van der Waals surface area contributed by atoms with E-state index in [4.69, 9.17) is 17.0 Å². The van der Waals surface area contributed by atoms with Gasteiger partial charge in [-0.3, -0.25) is 0 Å². The van der Waals surface area contributed by atoms with Crippen LogP contribution in [0.4, 0.5) is 0 Å². The fourth-order valence-corrected chi connectivity index (χ4v) is 10.7. The third-order valence-corrected chi connectivity index (χ3v) is 16.0. The second-order valence-corrected chi connectivity index (χ2v) is 26.1. The van der Waals surface area contributed by atoms with Gasteiger partial charge >= 0.3 is 124 Å². The second kappa shape index (κ2) is 19.3. The van der Waals surface area contributed by atoms with Gasteiger partial charge in [-0.2, -0.15) is 18.2 Å². The molecule has 0 spiro atoms. The number of hydrogen-bond acceptors (Lipinski definition) is 0. The third kappa shape index (κ3) is 11.3. The van der Waals surface area contributed by atoms with E-state index in [0.717, 1.165) is 12.8 Å². The topological polar surface area (TPSA) is 0 Å². The van der Waals surface area contributed by atoms with E-state index in [0.29, 0.717) is 0 Å². The molecule has 0 fully saturated rings. The summed E-state index contributed by atoms with van der Waals surface area (Å²) >= 11 is -2.32. The third-order valence-electron chi connectivity index (χ3n) is 10.7. The van der Waals surface area contributed by atoms with Gasteiger partial charge in [0, 0.05) is 0 Å². The minimum Gasteiger partial charge on any atom is -0.214 e. The molecule has 0 N–H and O–H groups in total. The first-order valence-corrected chi connectivity index (χ1v) is 27.9. The van der Waals surface area contributed by atoms with E-state index in [9.17, 15) is 0 Å². The predicted octanol–water partition coefficient (Wildman–Crippen LogP) is 16.2. The number of aryl methyl sites for hydroxylation is 2. The van der Waals surface area contributed by atoms with Crippen LogP contribution in [-0.2, 0) is 42.6 Å². The molecule has 0 atom stereocenters. The zero-order chi connectivity index (χ0) is 41.5. The molecule has 296 valence electrons. The fourth-order valence-electron chi connectivity index (χ4n) is 7.49. The summed E-state index contributed by atoms with van der Waals surface area (Å²) in [5.74, 6) is 0. The molecule has 0 unspecified atom stereocenters. The molecule has 8 aromatic rings. The van der Waals surface area contributed by atoms with Gasteiger partial charge in [0.15, 0.2) is 0 Å². The standard InChI is InChI=1S/C35H37.C15H14.C5H5.2ClH.Zr/c1-22-9-13-24(14-10-22)30-18-26-17-27-19-31(25-15-11-23(2)12-16-25)33(35(6,7)8)21-29(27)28(26)20-32(30)34(3,4)5;1-3-8-14(9-4-1)12-7-13-15-10-5-2-6-11-15;1-2-4-5-3-1;;;/h9-21H,1-8H3;1-6,8-11H,12-13H2;1-5H;2*1H;/q-1;;-1;;;+2/p-2. The molecule has 0 saturated heterocycles. The van der Waals surface area contributed by atoms with E-state index >= 15 is 0 Å². The van der Waals surface area contributed by atoms with Crippen LogP contribution in [0.3, 0.4) is 0 Å². The number of halogens is 2. The van der Waals surface area contributed by atoms with Crippen LogP contribution in [-0.4, -0.2) is 3.21 Å². The predicted molar refractivity (Wildman–Crippen MR) is 254 cm³/mol. The monoisotopic (exact) mass is 876 g/mol. The van der Waals surface area contributed by atoms with Gasteiger partial charge in [-0.05, 0) is 58.1 Å². The molecule has 0 nitrogen and oxygen atoms in total. The van der Waals surface area contributed by atoms with Gasteiger partial charge in [0.2, 0.25) is 0 Å². The zero-order valence-electron chi connectivity index (χ0n) is 35.3. The molecule has 0 bridgehead atoms. The van der Waals surface area contributed by atoms with Crippen LogP contribution in [0.15, 0.2) is 170 Å². The SMILES string of the molecule is Cc1ccc(-c2cc3[cH-]c4cc(-c5ccc(C)cc5)c(C(C)(C)C)cc4c3cc2C(C)(C)C)cc1.[Cl][Zr]([Cl])=[C](Cc1ccccc1)Cc1ccccc1.c1cc[cH-]c1. The molecular weight excluding hydrogens is 823 g/mol. The Hall–Kier alpha value is -4.13. The normalized spacial score (nSPS) is 11.4. The molecule has 0 aliphatic rings. The van der Waals surface area contributed by atoms with Crippen LogP contribution >= 0.6 is 17.0 Å². The maximum atomic E-state index is 6.27. The van der Waals surface area contributed by atoms with Crippen molar-refractivity contribution in [2.75, 3.05) is 0 Å². The van der Waals surface area contributed by atoms with Gasteiger partial charge in [0.1, 0.15) is 0 Å². The summed E-state index contributed by atoms with van der Waals surface area (Å²) < 4.78 is 1.33. The van der Waals surface area contributed by atoms with Gasteiger partial charge in [-0.15, -0.1) is 39.7 Å². The molecule has 0 aliphatic carbocycles. The van der Waals surface area contributed by atoms with Crippen molar-refractivity contribution in [3.8, 4) is 22.3 Å². The maximum Gasteiger partial charge on any atom is -0.172 e. The van der Waals surface area contributed by atoms with E-state index in [1.807, 2.05) is 42.5 Å². The summed E-state index contributed by atoms with van der Waals surface area (Å²) in [5.41, 5.74) is 13.4. The molecule has 58 heavy (non-hydrogen) atoms. The largest absolute Gasteiger partial charge is 0.214 e. The van der Waals surface area contributed by atoms with Crippen LogP contribution in [0.1, 0.15) is 74.9 Å². The minimum atomic E-state index is -2.32. The van der Waals surface area contributed by atoms with Gasteiger partial charge in [0.25, 0.3) is 0 Å². The van der Waals surface area contributed by atoms with Crippen molar-refractivity contribution >= 4 is 41.8 Å². The summed E-state index contributed by atoms with van der Waals surface area (Å²) in [6, 6.07) is 60.9. The van der Waals surface area contributed by atoms with Gasteiger partial charge in [0.05, 0.1) is 0 Å². The Bertz CT molecular complexity index is 2380. The quantitative estimate of drug-likeness (QED) is 0.146.